The molecule has 0 unspecified atom stereocenters. The lowest BCUT2D eigenvalue weighted by Gasteiger charge is -2.39. The number of aliphatic carboxylic acids is 1. The fourth-order valence-corrected chi connectivity index (χ4v) is 5.79. The number of carboxylic acid groups (broad SMARTS) is 1. The summed E-state index contributed by atoms with van der Waals surface area (Å²) in [4.78, 5) is 29.7. The number of ether oxygens (including phenoxy) is 1. The van der Waals surface area contributed by atoms with Gasteiger partial charge in [-0.15, -0.1) is 0 Å². The summed E-state index contributed by atoms with van der Waals surface area (Å²) in [5, 5.41) is 13.2. The van der Waals surface area contributed by atoms with Crippen molar-refractivity contribution in [2.75, 3.05) is 30.3 Å². The number of alkyl halides is 3. The molecule has 42 heavy (non-hydrogen) atoms. The first-order chi connectivity index (χ1) is 20.1. The summed E-state index contributed by atoms with van der Waals surface area (Å²) in [5.41, 5.74) is 7.98. The third kappa shape index (κ3) is 5.64. The lowest BCUT2D eigenvalue weighted by atomic mass is 9.76. The predicted molar refractivity (Wildman–Crippen MR) is 149 cm³/mol. The summed E-state index contributed by atoms with van der Waals surface area (Å²) in [7, 11) is 0. The Kier molecular flexibility index (Phi) is 7.05. The second kappa shape index (κ2) is 10.7. The molecule has 218 valence electrons. The first kappa shape index (κ1) is 27.6. The summed E-state index contributed by atoms with van der Waals surface area (Å²) < 4.78 is 48.1. The molecule has 0 saturated carbocycles. The second-order valence-corrected chi connectivity index (χ2v) is 10.8. The van der Waals surface area contributed by atoms with Crippen LogP contribution in [0, 0.1) is 5.41 Å². The van der Waals surface area contributed by atoms with E-state index in [2.05, 4.69) is 25.3 Å². The Balaban J connectivity index is 1.19. The zero-order chi connectivity index (χ0) is 29.5. The van der Waals surface area contributed by atoms with Gasteiger partial charge in [-0.3, -0.25) is 4.79 Å². The van der Waals surface area contributed by atoms with E-state index in [9.17, 15) is 23.1 Å². The van der Waals surface area contributed by atoms with Crippen LogP contribution < -0.4 is 20.7 Å². The number of piperidine rings is 1. The van der Waals surface area contributed by atoms with Crippen molar-refractivity contribution in [3.63, 3.8) is 0 Å². The predicted octanol–water partition coefficient (Wildman–Crippen LogP) is 4.38. The van der Waals surface area contributed by atoms with E-state index in [1.807, 2.05) is 23.1 Å². The van der Waals surface area contributed by atoms with Crippen LogP contribution in [0.5, 0.6) is 5.88 Å². The minimum Gasteiger partial charge on any atom is -0.480 e. The van der Waals surface area contributed by atoms with Gasteiger partial charge in [0.2, 0.25) is 17.9 Å². The molecule has 0 radical (unpaired) electrons. The van der Waals surface area contributed by atoms with Gasteiger partial charge in [0.05, 0.1) is 5.52 Å². The van der Waals surface area contributed by atoms with Crippen molar-refractivity contribution in [1.82, 2.24) is 25.3 Å². The molecule has 13 heteroatoms. The molecule has 2 saturated heterocycles. The first-order valence-corrected chi connectivity index (χ1v) is 13.5. The molecular weight excluding hydrogens is 551 g/mol. The molecule has 2 aliphatic heterocycles. The minimum atomic E-state index is -4.73. The number of aromatic nitrogens is 4. The van der Waals surface area contributed by atoms with Crippen LogP contribution in [-0.4, -0.2) is 62.9 Å². The monoisotopic (exact) mass is 579 g/mol. The summed E-state index contributed by atoms with van der Waals surface area (Å²) in [5.74, 6) is -0.984. The number of nitrogen functional groups attached to an aromatic ring is 1. The highest BCUT2D eigenvalue weighted by atomic mass is 19.4. The average molecular weight is 580 g/mol. The molecule has 1 spiro atoms. The van der Waals surface area contributed by atoms with E-state index in [-0.39, 0.29) is 22.8 Å². The number of hydrogen-bond acceptors (Lipinski definition) is 9. The lowest BCUT2D eigenvalue weighted by molar-refractivity contribution is -0.198. The molecule has 0 aliphatic carbocycles. The number of nitrogens with two attached hydrogens (primary N) is 1. The Morgan fingerprint density at radius 3 is 2.52 bits per heavy atom. The molecule has 6 rings (SSSR count). The van der Waals surface area contributed by atoms with Gasteiger partial charge in [0.1, 0.15) is 18.2 Å². The van der Waals surface area contributed by atoms with E-state index < -0.39 is 24.3 Å². The fraction of sp³-hybridized carbons (Fsp3) is 0.345. The van der Waals surface area contributed by atoms with E-state index in [0.29, 0.717) is 44.7 Å². The van der Waals surface area contributed by atoms with Crippen LogP contribution in [0.2, 0.25) is 0 Å². The molecule has 4 heterocycles. The Hall–Kier alpha value is -4.52. The Morgan fingerprint density at radius 1 is 1.10 bits per heavy atom. The largest absolute Gasteiger partial charge is 0.480 e. The second-order valence-electron chi connectivity index (χ2n) is 10.8. The van der Waals surface area contributed by atoms with E-state index in [1.54, 1.807) is 18.3 Å². The summed E-state index contributed by atoms with van der Waals surface area (Å²) >= 11 is 0. The van der Waals surface area contributed by atoms with E-state index >= 15 is 0 Å². The SMILES string of the molecule is Nc1nc(O[C@H](c2ccc(-c3ccc4ncncc4c3)cc2)C(F)(F)F)cc(N2CCC3(CC2)CN[C@H](C(=O)O)C3)n1. The van der Waals surface area contributed by atoms with Gasteiger partial charge in [0, 0.05) is 42.8 Å². The summed E-state index contributed by atoms with van der Waals surface area (Å²) in [6.45, 7) is 1.71. The highest BCUT2D eigenvalue weighted by Crippen LogP contribution is 2.41. The highest BCUT2D eigenvalue weighted by molar-refractivity contribution is 5.83. The number of anilines is 2. The third-order valence-corrected chi connectivity index (χ3v) is 8.10. The normalized spacial score (nSPS) is 19.2. The topological polar surface area (TPSA) is 139 Å². The average Bonchev–Trinajstić information content (AvgIpc) is 3.39. The van der Waals surface area contributed by atoms with E-state index in [4.69, 9.17) is 10.5 Å². The van der Waals surface area contributed by atoms with Gasteiger partial charge in [0.25, 0.3) is 0 Å². The number of carboxylic acids is 1. The van der Waals surface area contributed by atoms with Crippen LogP contribution in [0.15, 0.2) is 61.1 Å². The highest BCUT2D eigenvalue weighted by Gasteiger charge is 2.45. The molecule has 2 aliphatic rings. The summed E-state index contributed by atoms with van der Waals surface area (Å²) in [6, 6.07) is 12.3. The number of fused-ring (bicyclic) bond motifs is 1. The van der Waals surface area contributed by atoms with Crippen LogP contribution in [0.4, 0.5) is 24.9 Å². The van der Waals surface area contributed by atoms with Crippen LogP contribution in [0.1, 0.15) is 30.9 Å². The molecule has 4 N–H and O–H groups in total. The number of halogens is 3. The standard InChI is InChI=1S/C29H28F3N7O3/c30-29(31,32)25(18-3-1-17(2-4-18)19-5-6-21-20(11-19)14-34-16-36-21)42-24-12-23(37-27(33)38-24)39-9-7-28(8-10-39)13-22(26(40)41)35-15-28/h1-6,11-12,14,16,22,25,35H,7-10,13,15H2,(H,40,41)(H2,33,37,38)/t22-,25+/m0/s1. The molecule has 2 atom stereocenters. The van der Waals surface area contributed by atoms with Gasteiger partial charge < -0.3 is 25.8 Å². The quantitative estimate of drug-likeness (QED) is 0.301. The van der Waals surface area contributed by atoms with Gasteiger partial charge in [-0.2, -0.15) is 23.1 Å². The molecule has 4 aromatic rings. The van der Waals surface area contributed by atoms with Crippen molar-refractivity contribution in [3.8, 4) is 17.0 Å². The van der Waals surface area contributed by atoms with Crippen molar-refractivity contribution in [1.29, 1.82) is 0 Å². The first-order valence-electron chi connectivity index (χ1n) is 13.5. The molecule has 2 aromatic carbocycles. The molecule has 2 aromatic heterocycles. The number of nitrogens with one attached hydrogen (secondary N) is 1. The molecular formula is C29H28F3N7O3. The molecule has 0 bridgehead atoms. The van der Waals surface area contributed by atoms with Gasteiger partial charge in [-0.1, -0.05) is 30.3 Å². The molecule has 2 fully saturated rings. The van der Waals surface area contributed by atoms with Crippen molar-refractivity contribution >= 4 is 28.6 Å². The molecule has 0 amide bonds. The Morgan fingerprint density at radius 2 is 1.83 bits per heavy atom. The van der Waals surface area contributed by atoms with Crippen molar-refractivity contribution < 1.29 is 27.8 Å². The Bertz CT molecular complexity index is 1610. The minimum absolute atomic E-state index is 0.0873. The number of nitrogens with zero attached hydrogens (tertiary/aromatic N) is 5. The van der Waals surface area contributed by atoms with Crippen LogP contribution in [0.25, 0.3) is 22.0 Å². The summed E-state index contributed by atoms with van der Waals surface area (Å²) in [6.07, 6.45) is -1.90. The van der Waals surface area contributed by atoms with Crippen molar-refractivity contribution in [3.05, 3.63) is 66.6 Å². The maximum atomic E-state index is 14.2. The van der Waals surface area contributed by atoms with Gasteiger partial charge in [-0.25, -0.2) is 9.97 Å². The van der Waals surface area contributed by atoms with E-state index in [1.165, 1.54) is 24.5 Å². The number of rotatable bonds is 6. The maximum absolute atomic E-state index is 14.2. The Labute approximate surface area is 238 Å². The van der Waals surface area contributed by atoms with Gasteiger partial charge in [0.15, 0.2) is 0 Å². The maximum Gasteiger partial charge on any atom is 0.429 e. The van der Waals surface area contributed by atoms with Crippen LogP contribution in [-0.2, 0) is 4.79 Å². The van der Waals surface area contributed by atoms with Gasteiger partial charge in [-0.05, 0) is 47.9 Å². The third-order valence-electron chi connectivity index (χ3n) is 8.10. The number of benzene rings is 2. The zero-order valence-electron chi connectivity index (χ0n) is 22.4. The van der Waals surface area contributed by atoms with Gasteiger partial charge >= 0.3 is 12.1 Å². The number of carbonyl (C=O) groups is 1. The molecule has 10 nitrogen and oxygen atoms in total. The van der Waals surface area contributed by atoms with Crippen LogP contribution >= 0.6 is 0 Å². The van der Waals surface area contributed by atoms with Crippen LogP contribution in [0.3, 0.4) is 0 Å². The van der Waals surface area contributed by atoms with E-state index in [0.717, 1.165) is 22.0 Å². The zero-order valence-corrected chi connectivity index (χ0v) is 22.4. The van der Waals surface area contributed by atoms with Crippen molar-refractivity contribution in [2.45, 2.75) is 37.6 Å². The fourth-order valence-electron chi connectivity index (χ4n) is 5.79. The smallest absolute Gasteiger partial charge is 0.429 e. The van der Waals surface area contributed by atoms with Crippen molar-refractivity contribution in [2.24, 2.45) is 5.41 Å². The lowest BCUT2D eigenvalue weighted by Crippen LogP contribution is -2.41. The number of hydrogen-bond donors (Lipinski definition) is 3.